The summed E-state index contributed by atoms with van der Waals surface area (Å²) >= 11 is 0. The van der Waals surface area contributed by atoms with Gasteiger partial charge in [-0.2, -0.15) is 0 Å². The highest BCUT2D eigenvalue weighted by Crippen LogP contribution is 2.39. The first-order valence-electron chi connectivity index (χ1n) is 11.5. The minimum atomic E-state index is -1.35. The zero-order chi connectivity index (χ0) is 24.7. The number of imidazole rings is 1. The van der Waals surface area contributed by atoms with E-state index in [1.165, 1.54) is 7.11 Å². The van der Waals surface area contributed by atoms with Crippen LogP contribution in [-0.4, -0.2) is 53.3 Å². The molecule has 1 aromatic heterocycles. The highest BCUT2D eigenvalue weighted by molar-refractivity contribution is 5.78. The van der Waals surface area contributed by atoms with Gasteiger partial charge in [-0.3, -0.25) is 4.79 Å². The normalized spacial score (nSPS) is 13.5. The molecule has 6 nitrogen and oxygen atoms in total. The van der Waals surface area contributed by atoms with Crippen LogP contribution in [0, 0.1) is 5.41 Å². The van der Waals surface area contributed by atoms with Crippen LogP contribution in [0.15, 0.2) is 66.9 Å². The molecule has 7 heteroatoms. The maximum absolute atomic E-state index is 14.6. The van der Waals surface area contributed by atoms with Gasteiger partial charge in [-0.15, -0.1) is 0 Å². The lowest BCUT2D eigenvalue weighted by molar-refractivity contribution is -0.141. The summed E-state index contributed by atoms with van der Waals surface area (Å²) in [6.07, 6.45) is 0.655. The second-order valence-electron chi connectivity index (χ2n) is 9.54. The van der Waals surface area contributed by atoms with Gasteiger partial charge in [-0.1, -0.05) is 81.4 Å². The number of benzene rings is 2. The number of amides is 1. The van der Waals surface area contributed by atoms with Crippen molar-refractivity contribution in [3.05, 3.63) is 78.2 Å². The van der Waals surface area contributed by atoms with Gasteiger partial charge in [-0.25, -0.2) is 9.37 Å². The zero-order valence-electron chi connectivity index (χ0n) is 20.4. The lowest BCUT2D eigenvalue weighted by Crippen LogP contribution is -2.47. The largest absolute Gasteiger partial charge is 0.375 e. The van der Waals surface area contributed by atoms with E-state index < -0.39 is 17.6 Å². The third-order valence-electron chi connectivity index (χ3n) is 5.69. The van der Waals surface area contributed by atoms with Crippen LogP contribution >= 0.6 is 0 Å². The van der Waals surface area contributed by atoms with E-state index in [2.05, 4.69) is 16.7 Å². The number of ether oxygens (including phenoxy) is 1. The topological polar surface area (TPSA) is 73.4 Å². The minimum absolute atomic E-state index is 0.125. The Kier molecular flexibility index (Phi) is 8.58. The lowest BCUT2D eigenvalue weighted by Gasteiger charge is -2.40. The molecule has 2 N–H and O–H groups in total. The van der Waals surface area contributed by atoms with Gasteiger partial charge in [0, 0.05) is 32.0 Å². The fraction of sp³-hybridized carbons (Fsp3) is 0.407. The van der Waals surface area contributed by atoms with Crippen molar-refractivity contribution in [2.45, 2.75) is 39.5 Å². The van der Waals surface area contributed by atoms with Crippen molar-refractivity contribution in [1.29, 1.82) is 0 Å². The SMILES string of the molecule is COCC(=O)N(C[C@H](F)CN)[C@@H](c1nc(-c2ccccc2)cn1Cc1ccccc1)C(C)(C)C. The van der Waals surface area contributed by atoms with Crippen molar-refractivity contribution in [2.75, 3.05) is 26.8 Å². The van der Waals surface area contributed by atoms with E-state index in [4.69, 9.17) is 15.5 Å². The molecule has 0 aliphatic carbocycles. The summed E-state index contributed by atoms with van der Waals surface area (Å²) < 4.78 is 21.8. The molecular weight excluding hydrogens is 431 g/mol. The number of rotatable bonds is 10. The highest BCUT2D eigenvalue weighted by atomic mass is 19.1. The molecule has 1 heterocycles. The lowest BCUT2D eigenvalue weighted by atomic mass is 9.84. The summed E-state index contributed by atoms with van der Waals surface area (Å²) in [6.45, 7) is 6.24. The molecule has 0 fully saturated rings. The number of carbonyl (C=O) groups is 1. The van der Waals surface area contributed by atoms with Gasteiger partial charge in [0.15, 0.2) is 0 Å². The smallest absolute Gasteiger partial charge is 0.249 e. The predicted octanol–water partition coefficient (Wildman–Crippen LogP) is 4.46. The summed E-state index contributed by atoms with van der Waals surface area (Å²) in [5.41, 5.74) is 8.03. The number of hydrogen-bond acceptors (Lipinski definition) is 4. The molecule has 0 spiro atoms. The Morgan fingerprint density at radius 1 is 1.12 bits per heavy atom. The molecular formula is C27H35FN4O2. The molecule has 34 heavy (non-hydrogen) atoms. The molecule has 3 rings (SSSR count). The number of nitrogens with zero attached hydrogens (tertiary/aromatic N) is 3. The van der Waals surface area contributed by atoms with Crippen molar-refractivity contribution < 1.29 is 13.9 Å². The Bertz CT molecular complexity index is 1050. The van der Waals surface area contributed by atoms with Crippen molar-refractivity contribution in [1.82, 2.24) is 14.5 Å². The van der Waals surface area contributed by atoms with Crippen LogP contribution in [0.25, 0.3) is 11.3 Å². The van der Waals surface area contributed by atoms with Crippen LogP contribution in [0.3, 0.4) is 0 Å². The third-order valence-corrected chi connectivity index (χ3v) is 5.69. The molecule has 0 unspecified atom stereocenters. The summed E-state index contributed by atoms with van der Waals surface area (Å²) in [7, 11) is 1.46. The summed E-state index contributed by atoms with van der Waals surface area (Å²) in [4.78, 5) is 19.7. The maximum atomic E-state index is 14.6. The first-order valence-corrected chi connectivity index (χ1v) is 11.5. The number of carbonyl (C=O) groups excluding carboxylic acids is 1. The average Bonchev–Trinajstić information content (AvgIpc) is 3.22. The van der Waals surface area contributed by atoms with Gasteiger partial charge in [0.05, 0.1) is 18.3 Å². The molecule has 1 amide bonds. The Morgan fingerprint density at radius 3 is 2.29 bits per heavy atom. The molecule has 0 radical (unpaired) electrons. The summed E-state index contributed by atoms with van der Waals surface area (Å²) in [5.74, 6) is 0.401. The molecule has 0 bridgehead atoms. The molecule has 2 aromatic carbocycles. The molecule has 2 atom stereocenters. The van der Waals surface area contributed by atoms with E-state index in [0.29, 0.717) is 12.4 Å². The first-order chi connectivity index (χ1) is 16.2. The van der Waals surface area contributed by atoms with Crippen molar-refractivity contribution in [3.8, 4) is 11.3 Å². The van der Waals surface area contributed by atoms with Gasteiger partial charge < -0.3 is 19.9 Å². The molecule has 0 saturated carbocycles. The van der Waals surface area contributed by atoms with Crippen LogP contribution in [0.4, 0.5) is 4.39 Å². The van der Waals surface area contributed by atoms with Crippen LogP contribution in [0.2, 0.25) is 0 Å². The second-order valence-corrected chi connectivity index (χ2v) is 9.54. The number of nitrogens with two attached hydrogens (primary N) is 1. The van der Waals surface area contributed by atoms with Crippen LogP contribution in [0.1, 0.15) is 38.2 Å². The van der Waals surface area contributed by atoms with Gasteiger partial charge >= 0.3 is 0 Å². The Labute approximate surface area is 201 Å². The fourth-order valence-electron chi connectivity index (χ4n) is 4.14. The number of halogens is 1. The maximum Gasteiger partial charge on any atom is 0.249 e. The summed E-state index contributed by atoms with van der Waals surface area (Å²) in [5, 5.41) is 0. The Hall–Kier alpha value is -3.03. The zero-order valence-corrected chi connectivity index (χ0v) is 20.4. The van der Waals surface area contributed by atoms with E-state index in [-0.39, 0.29) is 25.6 Å². The number of hydrogen-bond donors (Lipinski definition) is 1. The number of methoxy groups -OCH3 is 1. The van der Waals surface area contributed by atoms with Crippen molar-refractivity contribution >= 4 is 5.91 Å². The van der Waals surface area contributed by atoms with Crippen molar-refractivity contribution in [2.24, 2.45) is 11.1 Å². The van der Waals surface area contributed by atoms with E-state index in [0.717, 1.165) is 16.8 Å². The van der Waals surface area contributed by atoms with Gasteiger partial charge in [-0.05, 0) is 11.0 Å². The quantitative estimate of drug-likeness (QED) is 0.479. The molecule has 182 valence electrons. The Balaban J connectivity index is 2.16. The van der Waals surface area contributed by atoms with E-state index in [9.17, 15) is 9.18 Å². The first kappa shape index (κ1) is 25.6. The Morgan fingerprint density at radius 2 is 1.74 bits per heavy atom. The standard InChI is InChI=1S/C27H35FN4O2/c1-27(2,3)25(32(17-22(28)15-29)24(33)19-34-4)26-30-23(21-13-9-6-10-14-21)18-31(26)16-20-11-7-5-8-12-20/h5-14,18,22,25H,15-17,19,29H2,1-4H3/t22-,25+/m1/s1. The summed E-state index contributed by atoms with van der Waals surface area (Å²) in [6, 6.07) is 19.5. The molecule has 3 aromatic rings. The monoisotopic (exact) mass is 466 g/mol. The number of aromatic nitrogens is 2. The van der Waals surface area contributed by atoms with Crippen molar-refractivity contribution in [3.63, 3.8) is 0 Å². The fourth-order valence-corrected chi connectivity index (χ4v) is 4.14. The van der Waals surface area contributed by atoms with E-state index >= 15 is 0 Å². The predicted molar refractivity (Wildman–Crippen MR) is 133 cm³/mol. The van der Waals surface area contributed by atoms with E-state index in [1.54, 1.807) is 4.90 Å². The molecule has 0 aliphatic heterocycles. The van der Waals surface area contributed by atoms with Crippen LogP contribution < -0.4 is 5.73 Å². The third kappa shape index (κ3) is 6.30. The van der Waals surface area contributed by atoms with Crippen LogP contribution in [0.5, 0.6) is 0 Å². The van der Waals surface area contributed by atoms with Gasteiger partial charge in [0.2, 0.25) is 5.91 Å². The minimum Gasteiger partial charge on any atom is -0.375 e. The number of alkyl halides is 1. The van der Waals surface area contributed by atoms with Gasteiger partial charge in [0.1, 0.15) is 18.6 Å². The average molecular weight is 467 g/mol. The highest BCUT2D eigenvalue weighted by Gasteiger charge is 2.39. The van der Waals surface area contributed by atoms with Gasteiger partial charge in [0.25, 0.3) is 0 Å². The van der Waals surface area contributed by atoms with E-state index in [1.807, 2.05) is 75.5 Å². The molecule has 0 aliphatic rings. The van der Waals surface area contributed by atoms with Crippen LogP contribution in [-0.2, 0) is 16.1 Å². The second kappa shape index (κ2) is 11.4. The molecule has 0 saturated heterocycles.